The second-order valence-electron chi connectivity index (χ2n) is 7.38. The van der Waals surface area contributed by atoms with E-state index >= 15 is 0 Å². The van der Waals surface area contributed by atoms with Gasteiger partial charge in [-0.2, -0.15) is 4.31 Å². The van der Waals surface area contributed by atoms with Crippen molar-refractivity contribution < 1.29 is 27.2 Å². The fraction of sp³-hybridized carbons (Fsp3) is 0.429. The molecule has 0 bridgehead atoms. The molecule has 0 aliphatic heterocycles. The number of esters is 1. The third-order valence-corrected chi connectivity index (χ3v) is 6.68. The Hall–Kier alpha value is -2.65. The van der Waals surface area contributed by atoms with Crippen LogP contribution < -0.4 is 5.32 Å². The molecule has 1 aromatic carbocycles. The van der Waals surface area contributed by atoms with Crippen molar-refractivity contribution in [2.75, 3.05) is 13.7 Å². The maximum Gasteiger partial charge on any atom is 0.307 e. The summed E-state index contributed by atoms with van der Waals surface area (Å²) in [6.07, 6.45) is 1.89. The zero-order valence-corrected chi connectivity index (χ0v) is 18.5. The van der Waals surface area contributed by atoms with Crippen LogP contribution in [0.2, 0.25) is 0 Å². The Morgan fingerprint density at radius 1 is 1.20 bits per heavy atom. The topological polar surface area (TPSA) is 106 Å². The van der Waals surface area contributed by atoms with Crippen molar-refractivity contribution in [1.82, 2.24) is 9.62 Å². The van der Waals surface area contributed by atoms with E-state index in [4.69, 9.17) is 9.15 Å². The normalized spacial score (nSPS) is 13.6. The zero-order valence-electron chi connectivity index (χ0n) is 17.7. The lowest BCUT2D eigenvalue weighted by atomic mass is 9.94. The molecule has 0 saturated heterocycles. The quantitative estimate of drug-likeness (QED) is 0.574. The van der Waals surface area contributed by atoms with E-state index in [2.05, 4.69) is 5.32 Å². The summed E-state index contributed by atoms with van der Waals surface area (Å²) in [5.74, 6) is -0.573. The molecule has 1 atom stereocenters. The fourth-order valence-corrected chi connectivity index (χ4v) is 4.21. The Labute approximate surface area is 177 Å². The molecule has 0 fully saturated rings. The van der Waals surface area contributed by atoms with E-state index in [9.17, 15) is 18.0 Å². The minimum absolute atomic E-state index is 0.0192. The average molecular weight is 437 g/mol. The number of ether oxygens (including phenoxy) is 1. The molecule has 0 radical (unpaired) electrons. The first-order valence-corrected chi connectivity index (χ1v) is 11.0. The summed E-state index contributed by atoms with van der Waals surface area (Å²) in [6, 6.07) is 9.70. The third kappa shape index (κ3) is 6.17. The number of nitrogens with one attached hydrogen (secondary N) is 1. The lowest BCUT2D eigenvalue weighted by molar-refractivity contribution is -0.142. The third-order valence-electron chi connectivity index (χ3n) is 4.87. The van der Waals surface area contributed by atoms with Crippen LogP contribution in [0.1, 0.15) is 38.0 Å². The summed E-state index contributed by atoms with van der Waals surface area (Å²) < 4.78 is 37.4. The monoisotopic (exact) mass is 436 g/mol. The summed E-state index contributed by atoms with van der Waals surface area (Å²) in [6.45, 7) is 4.88. The highest BCUT2D eigenvalue weighted by Gasteiger charge is 2.32. The Morgan fingerprint density at radius 3 is 2.40 bits per heavy atom. The van der Waals surface area contributed by atoms with Gasteiger partial charge in [0, 0.05) is 5.54 Å². The van der Waals surface area contributed by atoms with Gasteiger partial charge in [-0.05, 0) is 44.5 Å². The molecule has 2 rings (SSSR count). The summed E-state index contributed by atoms with van der Waals surface area (Å²) in [5, 5.41) is 2.77. The number of sulfonamides is 1. The van der Waals surface area contributed by atoms with Gasteiger partial charge >= 0.3 is 5.97 Å². The van der Waals surface area contributed by atoms with Gasteiger partial charge in [0.1, 0.15) is 5.76 Å². The van der Waals surface area contributed by atoms with E-state index in [0.29, 0.717) is 12.2 Å². The number of hydrogen-bond donors (Lipinski definition) is 1. The van der Waals surface area contributed by atoms with E-state index in [-0.39, 0.29) is 17.9 Å². The largest absolute Gasteiger partial charge is 0.469 e. The molecule has 0 aliphatic carbocycles. The molecule has 8 nitrogen and oxygen atoms in total. The molecule has 164 valence electrons. The van der Waals surface area contributed by atoms with E-state index in [1.807, 2.05) is 13.8 Å². The number of carbonyl (C=O) groups is 2. The molecule has 30 heavy (non-hydrogen) atoms. The predicted octanol–water partition coefficient (Wildman–Crippen LogP) is 2.63. The Bertz CT molecular complexity index is 954. The van der Waals surface area contributed by atoms with Crippen LogP contribution in [0.4, 0.5) is 0 Å². The first kappa shape index (κ1) is 23.6. The van der Waals surface area contributed by atoms with E-state index in [1.54, 1.807) is 31.2 Å². The standard InChI is InChI=1S/C21H28N2O6S/c1-5-21(3,13-20(25)28-4)22-19(24)15-23(14-17-7-6-12-29-17)30(26,27)18-10-8-16(2)9-11-18/h6-12H,5,13-15H2,1-4H3,(H,22,24)/t21-/m1/s1. The van der Waals surface area contributed by atoms with Crippen molar-refractivity contribution in [3.63, 3.8) is 0 Å². The van der Waals surface area contributed by atoms with Crippen LogP contribution in [-0.2, 0) is 30.9 Å². The van der Waals surface area contributed by atoms with Crippen molar-refractivity contribution in [3.05, 3.63) is 54.0 Å². The van der Waals surface area contributed by atoms with Gasteiger partial charge in [-0.25, -0.2) is 8.42 Å². The molecule has 1 heterocycles. The maximum absolute atomic E-state index is 13.2. The van der Waals surface area contributed by atoms with Gasteiger partial charge in [0.05, 0.1) is 37.8 Å². The molecule has 0 saturated carbocycles. The fourth-order valence-electron chi connectivity index (χ4n) is 2.85. The smallest absolute Gasteiger partial charge is 0.307 e. The number of hydrogen-bond acceptors (Lipinski definition) is 6. The van der Waals surface area contributed by atoms with Crippen LogP contribution in [0.15, 0.2) is 52.0 Å². The number of rotatable bonds is 10. The minimum atomic E-state index is -3.96. The number of nitrogens with zero attached hydrogens (tertiary/aromatic N) is 1. The SMILES string of the molecule is CC[C@](C)(CC(=O)OC)NC(=O)CN(Cc1ccco1)S(=O)(=O)c1ccc(C)cc1. The first-order valence-electron chi connectivity index (χ1n) is 9.56. The number of amides is 1. The summed E-state index contributed by atoms with van der Waals surface area (Å²) in [5.41, 5.74) is 0.0690. The van der Waals surface area contributed by atoms with Crippen LogP contribution in [0.3, 0.4) is 0 Å². The number of benzene rings is 1. The molecule has 1 N–H and O–H groups in total. The lowest BCUT2D eigenvalue weighted by Gasteiger charge is -2.30. The molecule has 1 amide bonds. The number of aryl methyl sites for hydroxylation is 1. The summed E-state index contributed by atoms with van der Waals surface area (Å²) in [7, 11) is -2.68. The van der Waals surface area contributed by atoms with Crippen molar-refractivity contribution in [2.24, 2.45) is 0 Å². The zero-order chi connectivity index (χ0) is 22.4. The lowest BCUT2D eigenvalue weighted by Crippen LogP contribution is -2.51. The molecule has 9 heteroatoms. The Balaban J connectivity index is 2.25. The predicted molar refractivity (Wildman–Crippen MR) is 111 cm³/mol. The molecular formula is C21H28N2O6S. The molecule has 0 aliphatic rings. The summed E-state index contributed by atoms with van der Waals surface area (Å²) in [4.78, 5) is 24.5. The first-order chi connectivity index (χ1) is 14.1. The van der Waals surface area contributed by atoms with Crippen molar-refractivity contribution in [2.45, 2.75) is 50.6 Å². The maximum atomic E-state index is 13.2. The van der Waals surface area contributed by atoms with Crippen LogP contribution in [0, 0.1) is 6.92 Å². The molecular weight excluding hydrogens is 408 g/mol. The molecule has 0 unspecified atom stereocenters. The van der Waals surface area contributed by atoms with Gasteiger partial charge < -0.3 is 14.5 Å². The van der Waals surface area contributed by atoms with Crippen LogP contribution in [0.25, 0.3) is 0 Å². The highest BCUT2D eigenvalue weighted by Crippen LogP contribution is 2.20. The van der Waals surface area contributed by atoms with Crippen molar-refractivity contribution >= 4 is 21.9 Å². The molecule has 2 aromatic rings. The van der Waals surface area contributed by atoms with Crippen LogP contribution in [-0.4, -0.2) is 43.8 Å². The second kappa shape index (κ2) is 9.90. The Morgan fingerprint density at radius 2 is 1.87 bits per heavy atom. The van der Waals surface area contributed by atoms with Crippen LogP contribution in [0.5, 0.6) is 0 Å². The van der Waals surface area contributed by atoms with Gasteiger partial charge in [0.2, 0.25) is 15.9 Å². The van der Waals surface area contributed by atoms with Gasteiger partial charge in [0.25, 0.3) is 0 Å². The minimum Gasteiger partial charge on any atom is -0.469 e. The average Bonchev–Trinajstić information content (AvgIpc) is 3.20. The summed E-state index contributed by atoms with van der Waals surface area (Å²) >= 11 is 0. The number of methoxy groups -OCH3 is 1. The number of furan rings is 1. The second-order valence-corrected chi connectivity index (χ2v) is 9.32. The molecule has 1 aromatic heterocycles. The van der Waals surface area contributed by atoms with E-state index < -0.39 is 34.0 Å². The van der Waals surface area contributed by atoms with E-state index in [0.717, 1.165) is 9.87 Å². The molecule has 0 spiro atoms. The number of carbonyl (C=O) groups excluding carboxylic acids is 2. The highest BCUT2D eigenvalue weighted by atomic mass is 32.2. The van der Waals surface area contributed by atoms with E-state index in [1.165, 1.54) is 25.5 Å². The van der Waals surface area contributed by atoms with Crippen LogP contribution >= 0.6 is 0 Å². The Kier molecular flexibility index (Phi) is 7.80. The van der Waals surface area contributed by atoms with Gasteiger partial charge in [-0.3, -0.25) is 9.59 Å². The van der Waals surface area contributed by atoms with Crippen molar-refractivity contribution in [1.29, 1.82) is 0 Å². The van der Waals surface area contributed by atoms with Gasteiger partial charge in [0.15, 0.2) is 0 Å². The van der Waals surface area contributed by atoms with Crippen molar-refractivity contribution in [3.8, 4) is 0 Å². The highest BCUT2D eigenvalue weighted by molar-refractivity contribution is 7.89. The van der Waals surface area contributed by atoms with Gasteiger partial charge in [-0.15, -0.1) is 0 Å². The van der Waals surface area contributed by atoms with Gasteiger partial charge in [-0.1, -0.05) is 24.6 Å².